The second-order valence-corrected chi connectivity index (χ2v) is 8.83. The molecule has 0 bridgehead atoms. The highest BCUT2D eigenvalue weighted by molar-refractivity contribution is 7.99. The highest BCUT2D eigenvalue weighted by Crippen LogP contribution is 2.24. The van der Waals surface area contributed by atoms with E-state index >= 15 is 0 Å². The maximum Gasteiger partial charge on any atom is 0.232 e. The molecule has 33 heavy (non-hydrogen) atoms. The molecular formula is C22H26ClN5O4S. The lowest BCUT2D eigenvalue weighted by molar-refractivity contribution is -0.127. The van der Waals surface area contributed by atoms with E-state index < -0.39 is 0 Å². The summed E-state index contributed by atoms with van der Waals surface area (Å²) >= 11 is 7.25. The van der Waals surface area contributed by atoms with Gasteiger partial charge >= 0.3 is 0 Å². The Morgan fingerprint density at radius 2 is 2.00 bits per heavy atom. The van der Waals surface area contributed by atoms with Crippen LogP contribution >= 0.6 is 23.4 Å². The van der Waals surface area contributed by atoms with E-state index in [1.807, 2.05) is 16.7 Å². The third-order valence-corrected chi connectivity index (χ3v) is 6.35. The maximum atomic E-state index is 12.7. The smallest absolute Gasteiger partial charge is 0.232 e. The Bertz CT molecular complexity index is 1020. The number of furan rings is 1. The first-order valence-electron chi connectivity index (χ1n) is 10.6. The van der Waals surface area contributed by atoms with E-state index in [-0.39, 0.29) is 11.7 Å². The molecule has 0 N–H and O–H groups in total. The molecule has 0 spiro atoms. The molecule has 1 aliphatic rings. The number of amides is 1. The third kappa shape index (κ3) is 6.43. The number of carbonyl (C=O) groups excluding carboxylic acids is 1. The van der Waals surface area contributed by atoms with Crippen molar-refractivity contribution in [2.24, 2.45) is 0 Å². The van der Waals surface area contributed by atoms with Crippen LogP contribution in [0, 0.1) is 0 Å². The van der Waals surface area contributed by atoms with Gasteiger partial charge in [-0.2, -0.15) is 0 Å². The zero-order valence-electron chi connectivity index (χ0n) is 18.4. The summed E-state index contributed by atoms with van der Waals surface area (Å²) in [5, 5.41) is 10.1. The molecule has 9 nitrogen and oxygen atoms in total. The molecule has 0 atom stereocenters. The van der Waals surface area contributed by atoms with E-state index in [1.165, 1.54) is 11.8 Å². The van der Waals surface area contributed by atoms with Gasteiger partial charge in [-0.25, -0.2) is 0 Å². The minimum atomic E-state index is -0.0137. The van der Waals surface area contributed by atoms with E-state index in [0.29, 0.717) is 43.1 Å². The van der Waals surface area contributed by atoms with Gasteiger partial charge in [-0.1, -0.05) is 23.4 Å². The number of carbonyl (C=O) groups is 1. The van der Waals surface area contributed by atoms with Crippen LogP contribution in [0.4, 0.5) is 5.95 Å². The standard InChI is InChI=1S/C22H26ClN5O4S/c1-26(8-14-32-18-6-4-17(23)5-7-18)20(29)16-33-22-25-24-21(27-9-12-30-13-10-27)28(22)15-19-3-2-11-31-19/h2-7,11H,8-10,12-16H2,1H3. The van der Waals surface area contributed by atoms with E-state index in [9.17, 15) is 4.79 Å². The van der Waals surface area contributed by atoms with Gasteiger partial charge < -0.3 is 23.7 Å². The number of nitrogens with zero attached hydrogens (tertiary/aromatic N) is 5. The van der Waals surface area contributed by atoms with E-state index in [4.69, 9.17) is 25.5 Å². The average Bonchev–Trinajstić information content (AvgIpc) is 3.49. The Balaban J connectivity index is 1.33. The normalized spacial score (nSPS) is 13.8. The molecule has 3 aromatic rings. The predicted octanol–water partition coefficient (Wildman–Crippen LogP) is 3.04. The van der Waals surface area contributed by atoms with E-state index in [1.54, 1.807) is 42.5 Å². The van der Waals surface area contributed by atoms with Crippen molar-refractivity contribution >= 4 is 35.2 Å². The molecule has 3 heterocycles. The van der Waals surface area contributed by atoms with Gasteiger partial charge in [0.05, 0.1) is 38.3 Å². The van der Waals surface area contributed by atoms with Gasteiger partial charge in [0.1, 0.15) is 18.1 Å². The van der Waals surface area contributed by atoms with E-state index in [0.717, 1.165) is 30.5 Å². The van der Waals surface area contributed by atoms with Crippen molar-refractivity contribution in [2.75, 3.05) is 57.2 Å². The fraction of sp³-hybridized carbons (Fsp3) is 0.409. The average molecular weight is 492 g/mol. The van der Waals surface area contributed by atoms with Crippen molar-refractivity contribution in [3.8, 4) is 5.75 Å². The Labute approximate surface area is 201 Å². The van der Waals surface area contributed by atoms with Crippen LogP contribution in [0.3, 0.4) is 0 Å². The Kier molecular flexibility index (Phi) is 8.14. The first kappa shape index (κ1) is 23.5. The van der Waals surface area contributed by atoms with Crippen LogP contribution in [-0.4, -0.2) is 77.8 Å². The summed E-state index contributed by atoms with van der Waals surface area (Å²) in [5.41, 5.74) is 0. The van der Waals surface area contributed by atoms with Gasteiger partial charge in [-0.3, -0.25) is 9.36 Å². The van der Waals surface area contributed by atoms with Crippen LogP contribution in [0.25, 0.3) is 0 Å². The van der Waals surface area contributed by atoms with Crippen molar-refractivity contribution in [3.05, 3.63) is 53.4 Å². The van der Waals surface area contributed by atoms with Crippen LogP contribution < -0.4 is 9.64 Å². The van der Waals surface area contributed by atoms with Crippen LogP contribution in [0.1, 0.15) is 5.76 Å². The number of rotatable bonds is 10. The molecule has 0 saturated carbocycles. The maximum absolute atomic E-state index is 12.7. The van der Waals surface area contributed by atoms with Crippen molar-refractivity contribution in [1.82, 2.24) is 19.7 Å². The van der Waals surface area contributed by atoms with Crippen LogP contribution in [0.15, 0.2) is 52.2 Å². The number of hydrogen-bond donors (Lipinski definition) is 0. The summed E-state index contributed by atoms with van der Waals surface area (Å²) in [7, 11) is 1.76. The molecule has 11 heteroatoms. The van der Waals surface area contributed by atoms with Crippen molar-refractivity contribution < 1.29 is 18.7 Å². The number of anilines is 1. The minimum Gasteiger partial charge on any atom is -0.492 e. The number of halogens is 1. The SMILES string of the molecule is CN(CCOc1ccc(Cl)cc1)C(=O)CSc1nnc(N2CCOCC2)n1Cc1ccco1. The van der Waals surface area contributed by atoms with Crippen LogP contribution in [-0.2, 0) is 16.1 Å². The fourth-order valence-corrected chi connectivity index (χ4v) is 4.27. The monoisotopic (exact) mass is 491 g/mol. The van der Waals surface area contributed by atoms with E-state index in [2.05, 4.69) is 15.1 Å². The molecule has 1 saturated heterocycles. The summed E-state index contributed by atoms with van der Waals surface area (Å²) in [4.78, 5) is 16.5. The van der Waals surface area contributed by atoms with Crippen molar-refractivity contribution in [1.29, 1.82) is 0 Å². The zero-order chi connectivity index (χ0) is 23.0. The molecule has 0 radical (unpaired) electrons. The van der Waals surface area contributed by atoms with Gasteiger partial charge in [-0.15, -0.1) is 10.2 Å². The Hall–Kier alpha value is -2.69. The zero-order valence-corrected chi connectivity index (χ0v) is 19.9. The number of aromatic nitrogens is 3. The lowest BCUT2D eigenvalue weighted by atomic mass is 10.3. The topological polar surface area (TPSA) is 85.9 Å². The predicted molar refractivity (Wildman–Crippen MR) is 126 cm³/mol. The van der Waals surface area contributed by atoms with Gasteiger partial charge in [-0.05, 0) is 36.4 Å². The summed E-state index contributed by atoms with van der Waals surface area (Å²) in [6, 6.07) is 10.9. The quantitative estimate of drug-likeness (QED) is 0.400. The Morgan fingerprint density at radius 1 is 1.21 bits per heavy atom. The highest BCUT2D eigenvalue weighted by Gasteiger charge is 2.22. The summed E-state index contributed by atoms with van der Waals surface area (Å²) < 4.78 is 18.7. The number of hydrogen-bond acceptors (Lipinski definition) is 8. The molecule has 1 aromatic carbocycles. The summed E-state index contributed by atoms with van der Waals surface area (Å²) in [6.45, 7) is 4.15. The van der Waals surface area contributed by atoms with Crippen molar-refractivity contribution in [2.45, 2.75) is 11.7 Å². The van der Waals surface area contributed by atoms with Crippen LogP contribution in [0.5, 0.6) is 5.75 Å². The number of thioether (sulfide) groups is 1. The molecule has 176 valence electrons. The number of benzene rings is 1. The second-order valence-electron chi connectivity index (χ2n) is 7.45. The lowest BCUT2D eigenvalue weighted by Crippen LogP contribution is -2.38. The number of ether oxygens (including phenoxy) is 2. The molecule has 0 unspecified atom stereocenters. The number of morpholine rings is 1. The van der Waals surface area contributed by atoms with Crippen molar-refractivity contribution in [3.63, 3.8) is 0 Å². The molecule has 1 amide bonds. The molecule has 4 rings (SSSR count). The van der Waals surface area contributed by atoms with Gasteiger partial charge in [0.15, 0.2) is 5.16 Å². The minimum absolute atomic E-state index is 0.0137. The fourth-order valence-electron chi connectivity index (χ4n) is 3.27. The summed E-state index contributed by atoms with van der Waals surface area (Å²) in [5.74, 6) is 2.51. The van der Waals surface area contributed by atoms with Gasteiger partial charge in [0.25, 0.3) is 0 Å². The summed E-state index contributed by atoms with van der Waals surface area (Å²) in [6.07, 6.45) is 1.64. The largest absolute Gasteiger partial charge is 0.492 e. The first-order valence-corrected chi connectivity index (χ1v) is 12.0. The van der Waals surface area contributed by atoms with Crippen LogP contribution in [0.2, 0.25) is 5.02 Å². The third-order valence-electron chi connectivity index (χ3n) is 5.14. The lowest BCUT2D eigenvalue weighted by Gasteiger charge is -2.27. The Morgan fingerprint density at radius 3 is 2.73 bits per heavy atom. The molecule has 0 aliphatic carbocycles. The first-order chi connectivity index (χ1) is 16.1. The molecule has 1 aliphatic heterocycles. The van der Waals surface area contributed by atoms with Gasteiger partial charge in [0, 0.05) is 25.2 Å². The second kappa shape index (κ2) is 11.4. The molecule has 1 fully saturated rings. The molecular weight excluding hydrogens is 466 g/mol. The molecule has 2 aromatic heterocycles. The number of likely N-dealkylation sites (N-methyl/N-ethyl adjacent to an activating group) is 1. The van der Waals surface area contributed by atoms with Gasteiger partial charge in [0.2, 0.25) is 11.9 Å². The highest BCUT2D eigenvalue weighted by atomic mass is 35.5.